The van der Waals surface area contributed by atoms with Crippen LogP contribution in [0.1, 0.15) is 5.56 Å². The number of hydrogen-bond donors (Lipinski definition) is 0. The van der Waals surface area contributed by atoms with E-state index in [9.17, 15) is 8.42 Å². The Balaban J connectivity index is 1.67. The minimum absolute atomic E-state index is 0.320. The summed E-state index contributed by atoms with van der Waals surface area (Å²) in [6.45, 7) is 2.36. The molecule has 0 radical (unpaired) electrons. The molecule has 118 valence electrons. The van der Waals surface area contributed by atoms with Crippen molar-refractivity contribution >= 4 is 10.0 Å². The van der Waals surface area contributed by atoms with Crippen molar-refractivity contribution in [2.75, 3.05) is 26.3 Å². The highest BCUT2D eigenvalue weighted by Gasteiger charge is 2.25. The van der Waals surface area contributed by atoms with Gasteiger partial charge in [0.1, 0.15) is 6.33 Å². The van der Waals surface area contributed by atoms with Gasteiger partial charge in [-0.25, -0.2) is 13.1 Å². The van der Waals surface area contributed by atoms with Gasteiger partial charge < -0.3 is 4.74 Å². The molecule has 0 saturated carbocycles. The fourth-order valence-corrected chi connectivity index (χ4v) is 3.70. The van der Waals surface area contributed by atoms with E-state index in [1.165, 1.54) is 4.31 Å². The summed E-state index contributed by atoms with van der Waals surface area (Å²) in [6.07, 6.45) is 2.29. The number of hydrogen-bond acceptors (Lipinski definition) is 6. The van der Waals surface area contributed by atoms with Crippen LogP contribution in [0.2, 0.25) is 0 Å². The predicted octanol–water partition coefficient (Wildman–Crippen LogP) is -0.0633. The van der Waals surface area contributed by atoms with E-state index in [-0.39, 0.29) is 0 Å². The minimum Gasteiger partial charge on any atom is -0.379 e. The van der Waals surface area contributed by atoms with Crippen molar-refractivity contribution in [2.45, 2.75) is 17.9 Å². The molecule has 0 amide bonds. The van der Waals surface area contributed by atoms with Gasteiger partial charge in [0, 0.05) is 19.6 Å². The maximum Gasteiger partial charge on any atom is 0.243 e. The first-order chi connectivity index (χ1) is 10.7. The molecule has 0 bridgehead atoms. The Hall–Kier alpha value is -1.84. The molecule has 1 aliphatic heterocycles. The van der Waals surface area contributed by atoms with Gasteiger partial charge in [0.15, 0.2) is 0 Å². The third-order valence-corrected chi connectivity index (χ3v) is 5.47. The van der Waals surface area contributed by atoms with E-state index >= 15 is 0 Å². The zero-order chi connectivity index (χ0) is 15.4. The molecule has 0 N–H and O–H groups in total. The fraction of sp³-hybridized carbons (Fsp3) is 0.462. The van der Waals surface area contributed by atoms with Crippen LogP contribution in [0.4, 0.5) is 0 Å². The van der Waals surface area contributed by atoms with Crippen LogP contribution in [0.5, 0.6) is 0 Å². The lowest BCUT2D eigenvalue weighted by Crippen LogP contribution is -2.40. The van der Waals surface area contributed by atoms with Crippen molar-refractivity contribution in [3.8, 4) is 0 Å². The number of ether oxygens (including phenoxy) is 1. The number of morpholine rings is 1. The van der Waals surface area contributed by atoms with E-state index in [0.717, 1.165) is 12.0 Å². The Labute approximate surface area is 128 Å². The van der Waals surface area contributed by atoms with Crippen LogP contribution in [0, 0.1) is 0 Å². The Morgan fingerprint density at radius 1 is 1.14 bits per heavy atom. The Morgan fingerprint density at radius 3 is 2.50 bits per heavy atom. The van der Waals surface area contributed by atoms with Gasteiger partial charge in [-0.3, -0.25) is 0 Å². The Kier molecular flexibility index (Phi) is 4.46. The Bertz CT molecular complexity index is 694. The number of aryl methyl sites for hydroxylation is 2. The van der Waals surface area contributed by atoms with E-state index in [4.69, 9.17) is 4.74 Å². The summed E-state index contributed by atoms with van der Waals surface area (Å²) >= 11 is 0. The van der Waals surface area contributed by atoms with Gasteiger partial charge in [-0.05, 0) is 34.5 Å². The lowest BCUT2D eigenvalue weighted by atomic mass is 10.1. The molecule has 9 heteroatoms. The molecule has 22 heavy (non-hydrogen) atoms. The van der Waals surface area contributed by atoms with E-state index in [0.29, 0.717) is 37.7 Å². The standard InChI is InChI=1S/C13H17N5O3S/c19-22(20,18-7-9-21-10-8-18)13-3-1-12(2-4-13)5-6-17-11-14-15-16-17/h1-4,11H,5-10H2. The molecule has 2 aromatic rings. The highest BCUT2D eigenvalue weighted by atomic mass is 32.2. The molecule has 0 atom stereocenters. The van der Waals surface area contributed by atoms with Crippen LogP contribution in [0.25, 0.3) is 0 Å². The first-order valence-electron chi connectivity index (χ1n) is 7.04. The molecule has 0 spiro atoms. The molecule has 1 aromatic heterocycles. The van der Waals surface area contributed by atoms with Gasteiger partial charge in [0.25, 0.3) is 0 Å². The van der Waals surface area contributed by atoms with Crippen LogP contribution in [-0.4, -0.2) is 59.2 Å². The molecule has 1 aromatic carbocycles. The quantitative estimate of drug-likeness (QED) is 0.765. The summed E-state index contributed by atoms with van der Waals surface area (Å²) in [4.78, 5) is 0.320. The van der Waals surface area contributed by atoms with E-state index in [1.54, 1.807) is 23.1 Å². The lowest BCUT2D eigenvalue weighted by Gasteiger charge is -2.26. The monoisotopic (exact) mass is 323 g/mol. The second-order valence-electron chi connectivity index (χ2n) is 4.98. The third kappa shape index (κ3) is 3.32. The average molecular weight is 323 g/mol. The van der Waals surface area contributed by atoms with Gasteiger partial charge in [-0.1, -0.05) is 12.1 Å². The Morgan fingerprint density at radius 2 is 1.86 bits per heavy atom. The first-order valence-corrected chi connectivity index (χ1v) is 8.48. The van der Waals surface area contributed by atoms with Crippen LogP contribution in [-0.2, 0) is 27.7 Å². The number of rotatable bonds is 5. The van der Waals surface area contributed by atoms with Crippen LogP contribution >= 0.6 is 0 Å². The van der Waals surface area contributed by atoms with Crippen LogP contribution < -0.4 is 0 Å². The largest absolute Gasteiger partial charge is 0.379 e. The molecule has 0 aliphatic carbocycles. The molecule has 3 rings (SSSR count). The summed E-state index contributed by atoms with van der Waals surface area (Å²) in [7, 11) is -3.42. The number of benzene rings is 1. The first kappa shape index (κ1) is 15.1. The summed E-state index contributed by atoms with van der Waals surface area (Å²) in [5.41, 5.74) is 1.04. The van der Waals surface area contributed by atoms with Crippen molar-refractivity contribution in [2.24, 2.45) is 0 Å². The molecule has 2 heterocycles. The molecular weight excluding hydrogens is 306 g/mol. The lowest BCUT2D eigenvalue weighted by molar-refractivity contribution is 0.0730. The summed E-state index contributed by atoms with van der Waals surface area (Å²) in [6, 6.07) is 6.97. The van der Waals surface area contributed by atoms with Crippen LogP contribution in [0.15, 0.2) is 35.5 Å². The fourth-order valence-electron chi connectivity index (χ4n) is 2.29. The van der Waals surface area contributed by atoms with E-state index in [1.807, 2.05) is 12.1 Å². The second kappa shape index (κ2) is 6.51. The molecule has 8 nitrogen and oxygen atoms in total. The number of tetrazole rings is 1. The SMILES string of the molecule is O=S(=O)(c1ccc(CCn2cnnn2)cc1)N1CCOCC1. The van der Waals surface area contributed by atoms with Crippen molar-refractivity contribution in [1.29, 1.82) is 0 Å². The predicted molar refractivity (Wildman–Crippen MR) is 77.5 cm³/mol. The molecule has 0 unspecified atom stereocenters. The second-order valence-corrected chi connectivity index (χ2v) is 6.92. The smallest absolute Gasteiger partial charge is 0.243 e. The van der Waals surface area contributed by atoms with E-state index in [2.05, 4.69) is 15.5 Å². The molecule has 1 saturated heterocycles. The summed E-state index contributed by atoms with van der Waals surface area (Å²) in [5, 5.41) is 10.9. The number of nitrogens with zero attached hydrogens (tertiary/aromatic N) is 5. The summed E-state index contributed by atoms with van der Waals surface area (Å²) in [5.74, 6) is 0. The minimum atomic E-state index is -3.42. The third-order valence-electron chi connectivity index (χ3n) is 3.55. The van der Waals surface area contributed by atoms with Crippen LogP contribution in [0.3, 0.4) is 0 Å². The summed E-state index contributed by atoms with van der Waals surface area (Å²) < 4.78 is 33.3. The zero-order valence-electron chi connectivity index (χ0n) is 12.0. The van der Waals surface area contributed by atoms with Crippen molar-refractivity contribution in [3.05, 3.63) is 36.2 Å². The van der Waals surface area contributed by atoms with E-state index < -0.39 is 10.0 Å². The molecular formula is C13H17N5O3S. The topological polar surface area (TPSA) is 90.2 Å². The normalized spacial score (nSPS) is 16.7. The van der Waals surface area contributed by atoms with Gasteiger partial charge >= 0.3 is 0 Å². The highest BCUT2D eigenvalue weighted by Crippen LogP contribution is 2.18. The average Bonchev–Trinajstić information content (AvgIpc) is 3.08. The van der Waals surface area contributed by atoms with Crippen molar-refractivity contribution in [3.63, 3.8) is 0 Å². The van der Waals surface area contributed by atoms with Gasteiger partial charge in [0.2, 0.25) is 10.0 Å². The van der Waals surface area contributed by atoms with Gasteiger partial charge in [0.05, 0.1) is 18.1 Å². The maximum absolute atomic E-state index is 12.5. The van der Waals surface area contributed by atoms with Crippen molar-refractivity contribution in [1.82, 2.24) is 24.5 Å². The molecule has 1 fully saturated rings. The highest BCUT2D eigenvalue weighted by molar-refractivity contribution is 7.89. The number of aromatic nitrogens is 4. The van der Waals surface area contributed by atoms with Gasteiger partial charge in [-0.2, -0.15) is 4.31 Å². The molecule has 1 aliphatic rings. The number of sulfonamides is 1. The zero-order valence-corrected chi connectivity index (χ0v) is 12.8. The maximum atomic E-state index is 12.5. The van der Waals surface area contributed by atoms with Crippen molar-refractivity contribution < 1.29 is 13.2 Å². The van der Waals surface area contributed by atoms with Gasteiger partial charge in [-0.15, -0.1) is 5.10 Å².